The maximum Gasteiger partial charge on any atom is 0.138 e. The first kappa shape index (κ1) is 19.6. The maximum absolute atomic E-state index is 12.9. The van der Waals surface area contributed by atoms with Crippen molar-refractivity contribution >= 4 is 5.78 Å². The van der Waals surface area contributed by atoms with E-state index in [2.05, 4.69) is 43.3 Å². The molecule has 2 aliphatic carbocycles. The third-order valence-corrected chi connectivity index (χ3v) is 6.39. The molecule has 2 fully saturated rings. The van der Waals surface area contributed by atoms with Crippen molar-refractivity contribution in [3.05, 3.63) is 35.4 Å². The molecule has 1 aromatic carbocycles. The molecule has 1 N–H and O–H groups in total. The molecule has 3 unspecified atom stereocenters. The Morgan fingerprint density at radius 1 is 1.04 bits per heavy atom. The van der Waals surface area contributed by atoms with Crippen LogP contribution in [-0.2, 0) is 11.3 Å². The SMILES string of the molecule is CN(C)Cc1ccc(C2CCC(O)C(C(=O)CC3CCCCC3)C2)cc1. The van der Waals surface area contributed by atoms with Gasteiger partial charge in [-0.2, -0.15) is 0 Å². The van der Waals surface area contributed by atoms with Crippen LogP contribution in [0.3, 0.4) is 0 Å². The number of carbonyl (C=O) groups excluding carboxylic acids is 1. The summed E-state index contributed by atoms with van der Waals surface area (Å²) in [5.41, 5.74) is 2.65. The molecular formula is C23H35NO2. The second kappa shape index (κ2) is 9.14. The van der Waals surface area contributed by atoms with Crippen LogP contribution >= 0.6 is 0 Å². The fourth-order valence-electron chi connectivity index (χ4n) is 4.89. The molecule has 1 aromatic rings. The van der Waals surface area contributed by atoms with Gasteiger partial charge < -0.3 is 10.0 Å². The number of benzene rings is 1. The topological polar surface area (TPSA) is 40.5 Å². The largest absolute Gasteiger partial charge is 0.392 e. The van der Waals surface area contributed by atoms with E-state index in [0.29, 0.717) is 24.0 Å². The van der Waals surface area contributed by atoms with Gasteiger partial charge in [-0.25, -0.2) is 0 Å². The highest BCUT2D eigenvalue weighted by Crippen LogP contribution is 2.38. The summed E-state index contributed by atoms with van der Waals surface area (Å²) in [4.78, 5) is 15.0. The maximum atomic E-state index is 12.9. The minimum absolute atomic E-state index is 0.155. The van der Waals surface area contributed by atoms with E-state index < -0.39 is 6.10 Å². The number of hydrogen-bond donors (Lipinski definition) is 1. The first-order chi connectivity index (χ1) is 12.5. The molecule has 3 nitrogen and oxygen atoms in total. The van der Waals surface area contributed by atoms with E-state index in [1.54, 1.807) is 0 Å². The number of Topliss-reactive ketones (excluding diaryl/α,β-unsaturated/α-hetero) is 1. The van der Waals surface area contributed by atoms with Gasteiger partial charge >= 0.3 is 0 Å². The summed E-state index contributed by atoms with van der Waals surface area (Å²) in [5.74, 6) is 1.14. The Kier molecular flexibility index (Phi) is 6.88. The van der Waals surface area contributed by atoms with Gasteiger partial charge in [0.15, 0.2) is 0 Å². The van der Waals surface area contributed by atoms with Crippen LogP contribution in [0, 0.1) is 11.8 Å². The first-order valence-corrected chi connectivity index (χ1v) is 10.5. The number of aliphatic hydroxyl groups excluding tert-OH is 1. The van der Waals surface area contributed by atoms with Gasteiger partial charge in [-0.05, 0) is 56.3 Å². The molecule has 144 valence electrons. The Morgan fingerprint density at radius 3 is 2.38 bits per heavy atom. The second-order valence-corrected chi connectivity index (χ2v) is 8.84. The third kappa shape index (κ3) is 5.17. The van der Waals surface area contributed by atoms with Gasteiger partial charge in [-0.15, -0.1) is 0 Å². The van der Waals surface area contributed by atoms with Crippen molar-refractivity contribution in [2.45, 2.75) is 76.4 Å². The minimum Gasteiger partial charge on any atom is -0.392 e. The fourth-order valence-corrected chi connectivity index (χ4v) is 4.89. The molecule has 0 radical (unpaired) electrons. The second-order valence-electron chi connectivity index (χ2n) is 8.84. The van der Waals surface area contributed by atoms with Crippen LogP contribution < -0.4 is 0 Å². The Bertz CT molecular complexity index is 574. The van der Waals surface area contributed by atoms with Crippen molar-refractivity contribution in [2.24, 2.45) is 11.8 Å². The Labute approximate surface area is 158 Å². The number of aliphatic hydroxyl groups is 1. The van der Waals surface area contributed by atoms with Crippen LogP contribution in [0.1, 0.15) is 74.8 Å². The molecule has 0 amide bonds. The molecule has 0 heterocycles. The molecule has 0 aliphatic heterocycles. The molecule has 3 rings (SSSR count). The molecule has 2 aliphatic rings. The van der Waals surface area contributed by atoms with Crippen molar-refractivity contribution in [3.8, 4) is 0 Å². The molecule has 0 saturated heterocycles. The zero-order chi connectivity index (χ0) is 18.5. The Morgan fingerprint density at radius 2 is 1.73 bits per heavy atom. The average molecular weight is 358 g/mol. The lowest BCUT2D eigenvalue weighted by Crippen LogP contribution is -2.35. The zero-order valence-electron chi connectivity index (χ0n) is 16.5. The number of nitrogens with zero attached hydrogens (tertiary/aromatic N) is 1. The monoisotopic (exact) mass is 357 g/mol. The standard InChI is InChI=1S/C23H35NO2/c1-24(2)16-18-8-10-19(11-9-18)20-12-13-22(25)21(15-20)23(26)14-17-6-4-3-5-7-17/h8-11,17,20-22,25H,3-7,12-16H2,1-2H3. The Hall–Kier alpha value is -1.19. The van der Waals surface area contributed by atoms with Crippen molar-refractivity contribution in [2.75, 3.05) is 14.1 Å². The van der Waals surface area contributed by atoms with Gasteiger partial charge in [0.05, 0.1) is 6.10 Å². The van der Waals surface area contributed by atoms with Gasteiger partial charge in [-0.3, -0.25) is 4.79 Å². The van der Waals surface area contributed by atoms with Crippen LogP contribution in [0.5, 0.6) is 0 Å². The lowest BCUT2D eigenvalue weighted by molar-refractivity contribution is -0.129. The van der Waals surface area contributed by atoms with Gasteiger partial charge in [0.1, 0.15) is 5.78 Å². The number of carbonyl (C=O) groups is 1. The summed E-state index contributed by atoms with van der Waals surface area (Å²) in [5, 5.41) is 10.5. The first-order valence-electron chi connectivity index (χ1n) is 10.5. The summed E-state index contributed by atoms with van der Waals surface area (Å²) >= 11 is 0. The quantitative estimate of drug-likeness (QED) is 0.813. The van der Waals surface area contributed by atoms with E-state index >= 15 is 0 Å². The number of ketones is 1. The van der Waals surface area contributed by atoms with E-state index in [-0.39, 0.29) is 5.92 Å². The van der Waals surface area contributed by atoms with E-state index in [4.69, 9.17) is 0 Å². The normalized spacial score (nSPS) is 27.6. The predicted octanol–water partition coefficient (Wildman–Crippen LogP) is 4.53. The lowest BCUT2D eigenvalue weighted by atomic mass is 9.72. The third-order valence-electron chi connectivity index (χ3n) is 6.39. The number of rotatable bonds is 6. The van der Waals surface area contributed by atoms with Crippen LogP contribution in [-0.4, -0.2) is 36.0 Å². The fraction of sp³-hybridized carbons (Fsp3) is 0.696. The summed E-state index contributed by atoms with van der Waals surface area (Å²) in [6, 6.07) is 8.87. The lowest BCUT2D eigenvalue weighted by Gasteiger charge is -2.34. The molecule has 26 heavy (non-hydrogen) atoms. The molecule has 3 atom stereocenters. The highest BCUT2D eigenvalue weighted by Gasteiger charge is 2.35. The molecular weight excluding hydrogens is 322 g/mol. The van der Waals surface area contributed by atoms with E-state index in [1.807, 2.05) is 0 Å². The van der Waals surface area contributed by atoms with Gasteiger partial charge in [0.25, 0.3) is 0 Å². The molecule has 2 saturated carbocycles. The average Bonchev–Trinajstić information content (AvgIpc) is 2.63. The Balaban J connectivity index is 1.60. The van der Waals surface area contributed by atoms with E-state index in [0.717, 1.165) is 25.8 Å². The summed E-state index contributed by atoms with van der Waals surface area (Å²) in [6.45, 7) is 0.951. The predicted molar refractivity (Wildman–Crippen MR) is 106 cm³/mol. The van der Waals surface area contributed by atoms with Crippen molar-refractivity contribution in [3.63, 3.8) is 0 Å². The highest BCUT2D eigenvalue weighted by atomic mass is 16.3. The summed E-state index contributed by atoms with van der Waals surface area (Å²) in [6.07, 6.45) is 9.08. The van der Waals surface area contributed by atoms with E-state index in [1.165, 1.54) is 43.2 Å². The van der Waals surface area contributed by atoms with Crippen molar-refractivity contribution in [1.82, 2.24) is 4.90 Å². The molecule has 0 spiro atoms. The van der Waals surface area contributed by atoms with Gasteiger partial charge in [0.2, 0.25) is 0 Å². The van der Waals surface area contributed by atoms with Gasteiger partial charge in [-0.1, -0.05) is 56.4 Å². The smallest absolute Gasteiger partial charge is 0.138 e. The van der Waals surface area contributed by atoms with Gasteiger partial charge in [0, 0.05) is 18.9 Å². The van der Waals surface area contributed by atoms with Crippen LogP contribution in [0.4, 0.5) is 0 Å². The van der Waals surface area contributed by atoms with E-state index in [9.17, 15) is 9.90 Å². The van der Waals surface area contributed by atoms with Crippen molar-refractivity contribution < 1.29 is 9.90 Å². The van der Waals surface area contributed by atoms with Crippen LogP contribution in [0.2, 0.25) is 0 Å². The summed E-state index contributed by atoms with van der Waals surface area (Å²) < 4.78 is 0. The van der Waals surface area contributed by atoms with Crippen LogP contribution in [0.25, 0.3) is 0 Å². The zero-order valence-corrected chi connectivity index (χ0v) is 16.5. The number of hydrogen-bond acceptors (Lipinski definition) is 3. The minimum atomic E-state index is -0.435. The molecule has 0 aromatic heterocycles. The molecule has 0 bridgehead atoms. The summed E-state index contributed by atoms with van der Waals surface area (Å²) in [7, 11) is 4.16. The van der Waals surface area contributed by atoms with Crippen LogP contribution in [0.15, 0.2) is 24.3 Å². The molecule has 3 heteroatoms. The highest BCUT2D eigenvalue weighted by molar-refractivity contribution is 5.82. The van der Waals surface area contributed by atoms with Crippen molar-refractivity contribution in [1.29, 1.82) is 0 Å².